The molecule has 0 aliphatic carbocycles. The zero-order valence-corrected chi connectivity index (χ0v) is 80.0. The molecule has 0 fully saturated rings. The molecular weight excluding hydrogens is 1790 g/mol. The lowest BCUT2D eigenvalue weighted by molar-refractivity contribution is -0.142. The lowest BCUT2D eigenvalue weighted by Gasteiger charge is -2.31. The molecule has 13 amide bonds. The van der Waals surface area contributed by atoms with Crippen molar-refractivity contribution in [3.05, 3.63) is 95.7 Å². The summed E-state index contributed by atoms with van der Waals surface area (Å²) in [6.45, 7) is 12.2. The largest absolute Gasteiger partial charge is 0.508 e. The topological polar surface area (TPSA) is 824 Å². The number of unbranched alkanes of at least 4 members (excludes halogenated alkanes) is 3. The highest BCUT2D eigenvalue weighted by atomic mass is 16.4. The molecule has 47 nitrogen and oxygen atoms in total. The van der Waals surface area contributed by atoms with Crippen LogP contribution >= 0.6 is 0 Å². The van der Waals surface area contributed by atoms with E-state index < -0.39 is 203 Å². The number of hydrogen-bond donors (Lipinski definition) is 33. The van der Waals surface area contributed by atoms with Gasteiger partial charge in [-0.05, 0) is 207 Å². The number of benzene rings is 3. The van der Waals surface area contributed by atoms with Crippen molar-refractivity contribution in [3.63, 3.8) is 0 Å². The normalized spacial score (nSPS) is 14.6. The fourth-order valence-electron chi connectivity index (χ4n) is 14.8. The van der Waals surface area contributed by atoms with Crippen LogP contribution in [-0.4, -0.2) is 257 Å². The number of guanidine groups is 4. The molecule has 41 N–H and O–H groups in total. The van der Waals surface area contributed by atoms with Crippen molar-refractivity contribution < 1.29 is 82.4 Å². The Bertz CT molecular complexity index is 4640. The minimum Gasteiger partial charge on any atom is -0.508 e. The van der Waals surface area contributed by atoms with Gasteiger partial charge < -0.3 is 157 Å². The first-order valence-electron chi connectivity index (χ1n) is 47.0. The number of carbonyl (C=O) groups is 14. The number of carbonyl (C=O) groups excluding carboxylic acids is 13. The number of phenols is 2. The summed E-state index contributed by atoms with van der Waals surface area (Å²) in [6.07, 6.45) is 3.26. The Morgan fingerprint density at radius 2 is 0.638 bits per heavy atom. The fourth-order valence-corrected chi connectivity index (χ4v) is 14.8. The van der Waals surface area contributed by atoms with Gasteiger partial charge in [-0.2, -0.15) is 0 Å². The Hall–Kier alpha value is -13.7. The first-order valence-corrected chi connectivity index (χ1v) is 47.0. The van der Waals surface area contributed by atoms with Crippen LogP contribution in [-0.2, 0) is 86.4 Å². The van der Waals surface area contributed by atoms with E-state index in [4.69, 9.17) is 67.5 Å². The second-order valence-corrected chi connectivity index (χ2v) is 34.8. The quantitative estimate of drug-likeness (QED) is 0.0116. The number of aromatic nitrogens is 1. The average Bonchev–Trinajstić information content (AvgIpc) is 1.65. The number of rotatable bonds is 66. The molecule has 16 atom stereocenters. The van der Waals surface area contributed by atoms with Gasteiger partial charge in [-0.25, -0.2) is 4.79 Å². The molecule has 4 aromatic rings. The first kappa shape index (κ1) is 117. The van der Waals surface area contributed by atoms with Gasteiger partial charge in [-0.1, -0.05) is 96.8 Å². The van der Waals surface area contributed by atoms with E-state index in [0.29, 0.717) is 59.7 Å². The monoisotopic (exact) mass is 1940 g/mol. The van der Waals surface area contributed by atoms with E-state index in [9.17, 15) is 58.5 Å². The molecule has 47 heteroatoms. The number of nitrogens with one attached hydrogen (secondary N) is 22. The van der Waals surface area contributed by atoms with E-state index in [1.165, 1.54) is 43.3 Å². The summed E-state index contributed by atoms with van der Waals surface area (Å²) >= 11 is 0. The molecule has 0 saturated heterocycles. The van der Waals surface area contributed by atoms with Crippen LogP contribution in [0, 0.1) is 39.4 Å². The molecule has 0 spiro atoms. The van der Waals surface area contributed by atoms with E-state index >= 15 is 24.0 Å². The summed E-state index contributed by atoms with van der Waals surface area (Å²) in [5.74, 6) is -16.3. The number of hydrogen-bond acceptors (Lipinski definition) is 24. The second-order valence-electron chi connectivity index (χ2n) is 34.8. The van der Waals surface area contributed by atoms with Crippen LogP contribution in [0.5, 0.6) is 11.5 Å². The third-order valence-corrected chi connectivity index (χ3v) is 23.2. The molecule has 0 saturated carbocycles. The number of phenolic OH excluding ortho intramolecular Hbond substituents is 2. The molecule has 0 aliphatic rings. The van der Waals surface area contributed by atoms with Crippen molar-refractivity contribution in [2.24, 2.45) is 63.6 Å². The number of amides is 13. The zero-order chi connectivity index (χ0) is 103. The molecule has 1 aromatic heterocycles. The van der Waals surface area contributed by atoms with Crippen LogP contribution in [0.2, 0.25) is 0 Å². The third-order valence-electron chi connectivity index (χ3n) is 23.2. The standard InChI is InChI=1S/C91H150N30O17/c1-8-51(5)72(121-81(131)63(25-13-16-40-93)114-83(133)69(47-55-33-37-58(123)38-34-55)118-84(134)71(50(3)4)119-86(136)73(52(6)9-2)120-75(125)60(95)46-54-31-35-57(122)36-32-54)85(135)115-67(30-21-45-107-91(102)103)80(130)117-70(48-56-49-108-61-23-11-10-22-59(56)61)82(132)109-53(7)74(124)110-64(27-18-42-104-88(96)97)77(127)111-62(24-12-15-39-92)76(126)112-65(28-19-43-105-89(98)99)78(128)113-66(29-20-44-106-90(100)101)79(129)116-68(87(137)138)26-14-17-41-94/h10-11,22-23,31-38,49-53,60,62-73,108,122-123H,8-9,12-21,24-30,39-48,92-95H2,1-7H3,(H,109,132)(H,110,124)(H,111,127)(H,112,126)(H,113,128)(H,114,133)(H,115,135)(H,116,129)(H,117,130)(H,118,134)(H,119,136)(H,120,125)(H,121,131)(H,137,138)(H4,96,97,104)(H4,98,99,105)(H4,100,101,106)(H4,102,103,107)/t51-,52-,53-,60-,62-,63-,64-,65-,66-,67-,68-,69-,70-,71-,72-,73-/m0/s1. The molecule has 766 valence electrons. The van der Waals surface area contributed by atoms with E-state index in [-0.39, 0.29) is 172 Å². The number of aliphatic carboxylic acids is 1. The number of fused-ring (bicyclic) bond motifs is 1. The van der Waals surface area contributed by atoms with Crippen molar-refractivity contribution in [3.8, 4) is 11.5 Å². The maximum Gasteiger partial charge on any atom is 0.326 e. The summed E-state index contributed by atoms with van der Waals surface area (Å²) < 4.78 is 0. The Kier molecular flexibility index (Phi) is 52.5. The lowest BCUT2D eigenvalue weighted by atomic mass is 9.95. The van der Waals surface area contributed by atoms with E-state index in [1.54, 1.807) is 77.2 Å². The number of H-pyrrole nitrogens is 1. The Balaban J connectivity index is 1.72. The maximum atomic E-state index is 15.3. The summed E-state index contributed by atoms with van der Waals surface area (Å²) in [4.78, 5) is 207. The highest BCUT2D eigenvalue weighted by Gasteiger charge is 2.40. The van der Waals surface area contributed by atoms with Gasteiger partial charge in [0, 0.05) is 56.1 Å². The summed E-state index contributed by atoms with van der Waals surface area (Å²) in [7, 11) is 0. The van der Waals surface area contributed by atoms with Crippen LogP contribution < -0.4 is 136 Å². The smallest absolute Gasteiger partial charge is 0.326 e. The Labute approximate surface area is 804 Å². The second kappa shape index (κ2) is 62.1. The molecule has 0 radical (unpaired) electrons. The summed E-state index contributed by atoms with van der Waals surface area (Å²) in [5.41, 5.74) is 48.4. The van der Waals surface area contributed by atoms with Crippen molar-refractivity contribution in [2.45, 2.75) is 274 Å². The molecule has 4 rings (SSSR count). The number of aromatic hydroxyl groups is 2. The molecule has 0 aliphatic heterocycles. The van der Waals surface area contributed by atoms with Gasteiger partial charge in [-0.3, -0.25) is 84.0 Å². The number of nitrogens with two attached hydrogens (primary N) is 8. The SMILES string of the molecule is CC[C@H](C)[C@H](NC(=O)[C@H](CCCCN)NC(=O)[C@H](Cc1ccc(O)cc1)NC(=O)[C@@H](NC(=O)[C@@H](NC(=O)[C@@H](N)Cc1ccc(O)cc1)[C@@H](C)CC)C(C)C)C(=O)N[C@@H](CCCNC(=N)N)C(=O)N[C@@H](Cc1c[nH]c2ccccc12)C(=O)N[C@@H](C)C(=O)N[C@@H](CCCNC(=N)N)C(=O)N[C@@H](CCCCN)C(=O)N[C@@H](CCCNC(=N)N)C(=O)N[C@@H](CCCNC(=N)N)C(=O)N[C@@H](CCCCN)C(=O)O. The van der Waals surface area contributed by atoms with Crippen LogP contribution in [0.4, 0.5) is 0 Å². The number of carboxylic acid groups (broad SMARTS) is 1. The van der Waals surface area contributed by atoms with Gasteiger partial charge in [0.1, 0.15) is 90.0 Å². The highest BCUT2D eigenvalue weighted by molar-refractivity contribution is 6.01. The zero-order valence-electron chi connectivity index (χ0n) is 80.0. The van der Waals surface area contributed by atoms with Crippen molar-refractivity contribution in [1.29, 1.82) is 21.6 Å². The summed E-state index contributed by atoms with van der Waals surface area (Å²) in [5, 5.41) is 107. The van der Waals surface area contributed by atoms with Crippen molar-refractivity contribution >= 4 is 118 Å². The molecule has 0 bridgehead atoms. The van der Waals surface area contributed by atoms with Gasteiger partial charge in [-0.15, -0.1) is 0 Å². The minimum atomic E-state index is -1.59. The van der Waals surface area contributed by atoms with Gasteiger partial charge in [0.2, 0.25) is 76.8 Å². The van der Waals surface area contributed by atoms with E-state index in [2.05, 4.69) is 95.4 Å². The van der Waals surface area contributed by atoms with Crippen LogP contribution in [0.25, 0.3) is 10.9 Å². The first-order chi connectivity index (χ1) is 65.5. The number of para-hydroxylation sites is 1. The van der Waals surface area contributed by atoms with Gasteiger partial charge in [0.05, 0.1) is 6.04 Å². The van der Waals surface area contributed by atoms with Gasteiger partial charge >= 0.3 is 5.97 Å². The Morgan fingerprint density at radius 3 is 1.02 bits per heavy atom. The van der Waals surface area contributed by atoms with Crippen LogP contribution in [0.3, 0.4) is 0 Å². The van der Waals surface area contributed by atoms with E-state index in [0.717, 1.165) is 0 Å². The van der Waals surface area contributed by atoms with Crippen LogP contribution in [0.15, 0.2) is 79.0 Å². The fraction of sp³-hybridized carbons (Fsp3) is 0.582. The molecule has 1 heterocycles. The number of carboxylic acids is 1. The van der Waals surface area contributed by atoms with Gasteiger partial charge in [0.15, 0.2) is 23.8 Å². The molecule has 3 aromatic carbocycles. The Morgan fingerprint density at radius 1 is 0.341 bits per heavy atom. The molecular formula is C91H150N30O17. The molecule has 138 heavy (non-hydrogen) atoms. The van der Waals surface area contributed by atoms with E-state index in [1.807, 2.05) is 6.92 Å². The number of aromatic amines is 1. The van der Waals surface area contributed by atoms with Crippen LogP contribution in [0.1, 0.15) is 187 Å². The maximum absolute atomic E-state index is 15.3. The van der Waals surface area contributed by atoms with Gasteiger partial charge in [0.25, 0.3) is 0 Å². The molecule has 0 unspecified atom stereocenters. The predicted molar refractivity (Wildman–Crippen MR) is 521 cm³/mol. The average molecular weight is 1940 g/mol. The highest BCUT2D eigenvalue weighted by Crippen LogP contribution is 2.23. The van der Waals surface area contributed by atoms with Crippen molar-refractivity contribution in [2.75, 3.05) is 45.8 Å². The van der Waals surface area contributed by atoms with Crippen molar-refractivity contribution in [1.82, 2.24) is 95.4 Å². The summed E-state index contributed by atoms with van der Waals surface area (Å²) in [6, 6.07) is -1.08. The predicted octanol–water partition coefficient (Wildman–Crippen LogP) is -3.47. The minimum absolute atomic E-state index is 0.00214. The lowest BCUT2D eigenvalue weighted by Crippen LogP contribution is -2.62. The third kappa shape index (κ3) is 42.7.